The van der Waals surface area contributed by atoms with E-state index in [1.807, 2.05) is 53.9 Å². The van der Waals surface area contributed by atoms with E-state index >= 15 is 0 Å². The second-order valence-electron chi connectivity index (χ2n) is 5.82. The van der Waals surface area contributed by atoms with E-state index in [0.29, 0.717) is 17.4 Å². The number of amides is 1. The molecule has 1 N–H and O–H groups in total. The lowest BCUT2D eigenvalue weighted by Gasteiger charge is -2.11. The van der Waals surface area contributed by atoms with Gasteiger partial charge < -0.3 is 5.32 Å². The molecule has 0 bridgehead atoms. The molecule has 0 spiro atoms. The molecule has 0 radical (unpaired) electrons. The van der Waals surface area contributed by atoms with E-state index in [1.165, 1.54) is 21.8 Å². The molecule has 0 aliphatic carbocycles. The molecule has 1 fully saturated rings. The maximum Gasteiger partial charge on any atom is 0.224 e. The van der Waals surface area contributed by atoms with Crippen LogP contribution in [0.4, 0.5) is 5.69 Å². The number of para-hydroxylation sites is 1. The summed E-state index contributed by atoms with van der Waals surface area (Å²) in [5, 5.41) is 4.05. The van der Waals surface area contributed by atoms with Crippen LogP contribution in [-0.2, 0) is 11.2 Å². The van der Waals surface area contributed by atoms with Crippen molar-refractivity contribution in [1.29, 1.82) is 0 Å². The van der Waals surface area contributed by atoms with Crippen molar-refractivity contribution in [1.82, 2.24) is 4.98 Å². The molecule has 1 saturated heterocycles. The highest BCUT2D eigenvalue weighted by atomic mass is 32.2. The standard InChI is InChI=1S/C19H18N2OS3/c22-17(8-9-18-21-15-6-1-2-7-16(15)25-18)20-14-5-3-4-13(12-14)19-23-10-11-24-19/h1-7,12,19H,8-11H2,(H,20,22). The summed E-state index contributed by atoms with van der Waals surface area (Å²) < 4.78 is 1.68. The van der Waals surface area contributed by atoms with Crippen LogP contribution in [0.25, 0.3) is 10.2 Å². The molecule has 0 unspecified atom stereocenters. The Morgan fingerprint density at radius 3 is 2.80 bits per heavy atom. The van der Waals surface area contributed by atoms with E-state index in [4.69, 9.17) is 0 Å². The van der Waals surface area contributed by atoms with Gasteiger partial charge in [0.25, 0.3) is 0 Å². The number of thioether (sulfide) groups is 2. The van der Waals surface area contributed by atoms with Crippen molar-refractivity contribution in [2.75, 3.05) is 16.8 Å². The Bertz CT molecular complexity index is 854. The largest absolute Gasteiger partial charge is 0.326 e. The van der Waals surface area contributed by atoms with Crippen molar-refractivity contribution >= 4 is 56.7 Å². The Hall–Kier alpha value is -1.50. The molecule has 1 amide bonds. The van der Waals surface area contributed by atoms with Crippen molar-refractivity contribution in [3.63, 3.8) is 0 Å². The summed E-state index contributed by atoms with van der Waals surface area (Å²) >= 11 is 5.62. The van der Waals surface area contributed by atoms with Gasteiger partial charge in [-0.2, -0.15) is 0 Å². The average molecular weight is 387 g/mol. The first-order chi connectivity index (χ1) is 12.3. The first-order valence-corrected chi connectivity index (χ1v) is 11.2. The molecule has 3 aromatic rings. The minimum atomic E-state index is 0.0446. The van der Waals surface area contributed by atoms with Gasteiger partial charge in [-0.25, -0.2) is 4.98 Å². The van der Waals surface area contributed by atoms with E-state index in [2.05, 4.69) is 28.5 Å². The number of thiazole rings is 1. The predicted octanol–water partition coefficient (Wildman–Crippen LogP) is 5.35. The number of nitrogens with one attached hydrogen (secondary N) is 1. The second kappa shape index (κ2) is 7.81. The maximum absolute atomic E-state index is 12.3. The minimum absolute atomic E-state index is 0.0446. The molecule has 3 nitrogen and oxygen atoms in total. The number of aryl methyl sites for hydroxylation is 1. The number of rotatable bonds is 5. The average Bonchev–Trinajstić information content (AvgIpc) is 3.29. The summed E-state index contributed by atoms with van der Waals surface area (Å²) in [6.07, 6.45) is 1.14. The van der Waals surface area contributed by atoms with Crippen LogP contribution in [0.1, 0.15) is 21.6 Å². The molecule has 25 heavy (non-hydrogen) atoms. The summed E-state index contributed by atoms with van der Waals surface area (Å²) in [7, 11) is 0. The van der Waals surface area contributed by atoms with Crippen molar-refractivity contribution in [2.24, 2.45) is 0 Å². The van der Waals surface area contributed by atoms with Crippen LogP contribution in [0.15, 0.2) is 48.5 Å². The Morgan fingerprint density at radius 2 is 1.96 bits per heavy atom. The van der Waals surface area contributed by atoms with E-state index in [9.17, 15) is 4.79 Å². The van der Waals surface area contributed by atoms with Crippen LogP contribution >= 0.6 is 34.9 Å². The van der Waals surface area contributed by atoms with Crippen LogP contribution in [0.5, 0.6) is 0 Å². The highest BCUT2D eigenvalue weighted by Crippen LogP contribution is 2.45. The van der Waals surface area contributed by atoms with E-state index in [0.717, 1.165) is 16.2 Å². The molecule has 128 valence electrons. The first-order valence-electron chi connectivity index (χ1n) is 8.25. The van der Waals surface area contributed by atoms with Crippen molar-refractivity contribution < 1.29 is 4.79 Å². The van der Waals surface area contributed by atoms with Crippen LogP contribution in [0.2, 0.25) is 0 Å². The molecular weight excluding hydrogens is 368 g/mol. The smallest absolute Gasteiger partial charge is 0.224 e. The molecule has 1 aliphatic rings. The SMILES string of the molecule is O=C(CCc1nc2ccccc2s1)Nc1cccc(C2SCCS2)c1. The number of fused-ring (bicyclic) bond motifs is 1. The van der Waals surface area contributed by atoms with Crippen molar-refractivity contribution in [3.8, 4) is 0 Å². The Labute approximate surface area is 159 Å². The molecule has 0 atom stereocenters. The molecule has 1 aliphatic heterocycles. The number of anilines is 1. The number of hydrogen-bond donors (Lipinski definition) is 1. The lowest BCUT2D eigenvalue weighted by molar-refractivity contribution is -0.116. The van der Waals surface area contributed by atoms with Gasteiger partial charge in [0.05, 0.1) is 19.8 Å². The number of aromatic nitrogens is 1. The summed E-state index contributed by atoms with van der Waals surface area (Å²) in [6.45, 7) is 0. The van der Waals surface area contributed by atoms with Crippen molar-refractivity contribution in [2.45, 2.75) is 17.4 Å². The highest BCUT2D eigenvalue weighted by molar-refractivity contribution is 8.19. The Morgan fingerprint density at radius 1 is 1.12 bits per heavy atom. The maximum atomic E-state index is 12.3. The molecule has 0 saturated carbocycles. The fraction of sp³-hybridized carbons (Fsp3) is 0.263. The van der Waals surface area contributed by atoms with Crippen molar-refractivity contribution in [3.05, 3.63) is 59.1 Å². The third-order valence-electron chi connectivity index (χ3n) is 3.97. The first kappa shape index (κ1) is 16.9. The van der Waals surface area contributed by atoms with Gasteiger partial charge >= 0.3 is 0 Å². The second-order valence-corrected chi connectivity index (χ2v) is 9.66. The van der Waals surface area contributed by atoms with Gasteiger partial charge in [-0.1, -0.05) is 24.3 Å². The minimum Gasteiger partial charge on any atom is -0.326 e. The molecule has 6 heteroatoms. The highest BCUT2D eigenvalue weighted by Gasteiger charge is 2.18. The monoisotopic (exact) mass is 386 g/mol. The fourth-order valence-corrected chi connectivity index (χ4v) is 6.59. The van der Waals surface area contributed by atoms with Crippen LogP contribution < -0.4 is 5.32 Å². The van der Waals surface area contributed by atoms with Gasteiger partial charge in [0.2, 0.25) is 5.91 Å². The fourth-order valence-electron chi connectivity index (χ4n) is 2.78. The summed E-state index contributed by atoms with van der Waals surface area (Å²) in [5.74, 6) is 2.45. The number of nitrogens with zero attached hydrogens (tertiary/aromatic N) is 1. The number of benzene rings is 2. The normalized spacial score (nSPS) is 14.9. The molecule has 4 rings (SSSR count). The third-order valence-corrected chi connectivity index (χ3v) is 8.17. The zero-order chi connectivity index (χ0) is 17.1. The topological polar surface area (TPSA) is 42.0 Å². The van der Waals surface area contributed by atoms with Gasteiger partial charge in [-0.15, -0.1) is 34.9 Å². The molecular formula is C19H18N2OS3. The molecule has 1 aromatic heterocycles. The zero-order valence-electron chi connectivity index (χ0n) is 13.6. The van der Waals surface area contributed by atoms with Gasteiger partial charge in [0.15, 0.2) is 0 Å². The molecule has 2 heterocycles. The van der Waals surface area contributed by atoms with Gasteiger partial charge in [-0.3, -0.25) is 4.79 Å². The zero-order valence-corrected chi connectivity index (χ0v) is 16.1. The van der Waals surface area contributed by atoms with E-state index in [-0.39, 0.29) is 5.91 Å². The van der Waals surface area contributed by atoms with Gasteiger partial charge in [0.1, 0.15) is 0 Å². The number of carbonyl (C=O) groups is 1. The Balaban J connectivity index is 1.36. The van der Waals surface area contributed by atoms with Crippen LogP contribution in [0, 0.1) is 0 Å². The lowest BCUT2D eigenvalue weighted by Crippen LogP contribution is -2.12. The van der Waals surface area contributed by atoms with Crippen LogP contribution in [-0.4, -0.2) is 22.4 Å². The third kappa shape index (κ3) is 4.19. The lowest BCUT2D eigenvalue weighted by atomic mass is 10.2. The van der Waals surface area contributed by atoms with Gasteiger partial charge in [0, 0.05) is 30.0 Å². The summed E-state index contributed by atoms with van der Waals surface area (Å²) in [5.41, 5.74) is 3.19. The van der Waals surface area contributed by atoms with E-state index in [1.54, 1.807) is 11.3 Å². The molecule has 2 aromatic carbocycles. The number of carbonyl (C=O) groups excluding carboxylic acids is 1. The summed E-state index contributed by atoms with van der Waals surface area (Å²) in [4.78, 5) is 16.9. The predicted molar refractivity (Wildman–Crippen MR) is 111 cm³/mol. The van der Waals surface area contributed by atoms with E-state index < -0.39 is 0 Å². The van der Waals surface area contributed by atoms with Gasteiger partial charge in [-0.05, 0) is 29.8 Å². The summed E-state index contributed by atoms with van der Waals surface area (Å²) in [6, 6.07) is 16.3. The van der Waals surface area contributed by atoms with Crippen LogP contribution in [0.3, 0.4) is 0 Å². The number of hydrogen-bond acceptors (Lipinski definition) is 5. The Kier molecular flexibility index (Phi) is 5.29. The quantitative estimate of drug-likeness (QED) is 0.642.